The van der Waals surface area contributed by atoms with Crippen LogP contribution < -0.4 is 0 Å². The summed E-state index contributed by atoms with van der Waals surface area (Å²) in [7, 11) is 0. The molecule has 2 heterocycles. The Kier molecular flexibility index (Phi) is 5.91. The van der Waals surface area contributed by atoms with Crippen molar-refractivity contribution in [2.45, 2.75) is 0 Å². The third-order valence-electron chi connectivity index (χ3n) is 9.89. The summed E-state index contributed by atoms with van der Waals surface area (Å²) in [4.78, 5) is 0. The molecule has 0 aliphatic rings. The summed E-state index contributed by atoms with van der Waals surface area (Å²) >= 11 is 0. The van der Waals surface area contributed by atoms with Crippen molar-refractivity contribution in [2.75, 3.05) is 0 Å². The van der Waals surface area contributed by atoms with Gasteiger partial charge in [-0.15, -0.1) is 0 Å². The second-order valence-corrected chi connectivity index (χ2v) is 12.6. The molecule has 0 N–H and O–H groups in total. The lowest BCUT2D eigenvalue weighted by Crippen LogP contribution is -1.96. The number of benzene rings is 8. The van der Waals surface area contributed by atoms with Crippen LogP contribution in [0.2, 0.25) is 0 Å². The summed E-state index contributed by atoms with van der Waals surface area (Å²) < 4.78 is 4.84. The summed E-state index contributed by atoms with van der Waals surface area (Å²) in [6.45, 7) is 0. The summed E-state index contributed by atoms with van der Waals surface area (Å²) in [5, 5.41) is 7.50. The molecule has 2 nitrogen and oxygen atoms in total. The van der Waals surface area contributed by atoms with Gasteiger partial charge in [-0.2, -0.15) is 0 Å². The van der Waals surface area contributed by atoms with Gasteiger partial charge in [0.05, 0.1) is 22.1 Å². The number of fused-ring (bicyclic) bond motifs is 7. The van der Waals surface area contributed by atoms with Gasteiger partial charge in [0.15, 0.2) is 0 Å². The maximum atomic E-state index is 2.42. The predicted octanol–water partition coefficient (Wildman–Crippen LogP) is 12.4. The third-order valence-corrected chi connectivity index (χ3v) is 9.89. The fourth-order valence-corrected chi connectivity index (χ4v) is 7.62. The molecular formula is C46H30N2. The van der Waals surface area contributed by atoms with Gasteiger partial charge >= 0.3 is 0 Å². The zero-order valence-electron chi connectivity index (χ0n) is 26.2. The van der Waals surface area contributed by atoms with E-state index in [9.17, 15) is 0 Å². The minimum absolute atomic E-state index is 1.16. The van der Waals surface area contributed by atoms with Crippen LogP contribution in [-0.2, 0) is 0 Å². The van der Waals surface area contributed by atoms with Gasteiger partial charge in [-0.3, -0.25) is 0 Å². The van der Waals surface area contributed by atoms with Gasteiger partial charge in [0, 0.05) is 32.9 Å². The van der Waals surface area contributed by atoms with Gasteiger partial charge in [-0.05, 0) is 81.6 Å². The monoisotopic (exact) mass is 610 g/mol. The Morgan fingerprint density at radius 3 is 1.10 bits per heavy atom. The molecule has 0 unspecified atom stereocenters. The van der Waals surface area contributed by atoms with Crippen LogP contribution in [0.25, 0.3) is 88.0 Å². The van der Waals surface area contributed by atoms with E-state index in [1.807, 2.05) is 0 Å². The van der Waals surface area contributed by atoms with E-state index < -0.39 is 0 Å². The number of nitrogens with zero attached hydrogens (tertiary/aromatic N) is 2. The van der Waals surface area contributed by atoms with Gasteiger partial charge in [0.1, 0.15) is 0 Å². The van der Waals surface area contributed by atoms with E-state index in [1.165, 1.54) is 76.6 Å². The maximum absolute atomic E-state index is 2.42. The number of hydrogen-bond acceptors (Lipinski definition) is 0. The Hall–Kier alpha value is -6.38. The van der Waals surface area contributed by atoms with Crippen molar-refractivity contribution in [3.63, 3.8) is 0 Å². The second-order valence-electron chi connectivity index (χ2n) is 12.6. The Bertz CT molecular complexity index is 2620. The van der Waals surface area contributed by atoms with E-state index in [4.69, 9.17) is 0 Å². The van der Waals surface area contributed by atoms with Crippen LogP contribution in [0.3, 0.4) is 0 Å². The molecule has 0 amide bonds. The van der Waals surface area contributed by atoms with Gasteiger partial charge in [-0.25, -0.2) is 0 Å². The Morgan fingerprint density at radius 1 is 0.250 bits per heavy atom. The quantitative estimate of drug-likeness (QED) is 0.188. The van der Waals surface area contributed by atoms with E-state index in [1.54, 1.807) is 0 Å². The zero-order valence-corrected chi connectivity index (χ0v) is 26.2. The van der Waals surface area contributed by atoms with Gasteiger partial charge in [0.2, 0.25) is 0 Å². The molecule has 10 rings (SSSR count). The van der Waals surface area contributed by atoms with Crippen molar-refractivity contribution < 1.29 is 0 Å². The highest BCUT2D eigenvalue weighted by Gasteiger charge is 2.16. The summed E-state index contributed by atoms with van der Waals surface area (Å²) in [5.41, 5.74) is 12.1. The number of rotatable bonds is 4. The molecule has 0 bridgehead atoms. The fraction of sp³-hybridized carbons (Fsp3) is 0. The standard InChI is InChI=1S/C46H30N2/c1-3-11-31(12-4-1)35-21-25-41-39-15-7-9-17-43(39)47(45(41)29-35)37-23-19-34-28-38(24-20-33(34)27-37)48-44-18-10-8-16-40(44)42-26-22-36(30-46(42)48)32-13-5-2-6-14-32/h1-30H. The molecule has 0 atom stereocenters. The molecule has 48 heavy (non-hydrogen) atoms. The Labute approximate surface area is 278 Å². The highest BCUT2D eigenvalue weighted by Crippen LogP contribution is 2.38. The number of para-hydroxylation sites is 2. The molecule has 0 spiro atoms. The van der Waals surface area contributed by atoms with Gasteiger partial charge in [-0.1, -0.05) is 133 Å². The van der Waals surface area contributed by atoms with E-state index in [0.29, 0.717) is 0 Å². The van der Waals surface area contributed by atoms with Crippen LogP contribution in [0, 0.1) is 0 Å². The molecule has 10 aromatic rings. The van der Waals surface area contributed by atoms with Gasteiger partial charge in [0.25, 0.3) is 0 Å². The van der Waals surface area contributed by atoms with E-state index in [0.717, 1.165) is 11.4 Å². The van der Waals surface area contributed by atoms with Crippen molar-refractivity contribution in [3.05, 3.63) is 182 Å². The average molecular weight is 611 g/mol. The second kappa shape index (κ2) is 10.6. The first-order valence-electron chi connectivity index (χ1n) is 16.5. The molecule has 8 aromatic carbocycles. The fourth-order valence-electron chi connectivity index (χ4n) is 7.62. The molecule has 0 fully saturated rings. The average Bonchev–Trinajstić information content (AvgIpc) is 3.67. The Morgan fingerprint density at radius 2 is 0.646 bits per heavy atom. The summed E-state index contributed by atoms with van der Waals surface area (Å²) in [6, 6.07) is 66.2. The topological polar surface area (TPSA) is 9.86 Å². The third kappa shape index (κ3) is 4.13. The van der Waals surface area contributed by atoms with E-state index in [-0.39, 0.29) is 0 Å². The molecule has 0 saturated heterocycles. The normalized spacial score (nSPS) is 11.8. The SMILES string of the molecule is c1ccc(-c2ccc3c4ccccc4n(-c4ccc5cc(-n6c7ccccc7c7ccc(-c8ccccc8)cc76)ccc5c4)c3c2)cc1. The maximum Gasteiger partial charge on any atom is 0.0547 e. The highest BCUT2D eigenvalue weighted by atomic mass is 15.0. The zero-order chi connectivity index (χ0) is 31.6. The molecule has 0 aliphatic heterocycles. The minimum Gasteiger partial charge on any atom is -0.309 e. The van der Waals surface area contributed by atoms with Crippen molar-refractivity contribution in [3.8, 4) is 33.6 Å². The van der Waals surface area contributed by atoms with Crippen molar-refractivity contribution in [1.29, 1.82) is 0 Å². The molecular weight excluding hydrogens is 581 g/mol. The van der Waals surface area contributed by atoms with Crippen LogP contribution in [0.1, 0.15) is 0 Å². The molecule has 224 valence electrons. The predicted molar refractivity (Wildman–Crippen MR) is 203 cm³/mol. The van der Waals surface area contributed by atoms with Crippen LogP contribution >= 0.6 is 0 Å². The molecule has 0 saturated carbocycles. The van der Waals surface area contributed by atoms with Crippen LogP contribution in [0.5, 0.6) is 0 Å². The molecule has 2 aromatic heterocycles. The minimum atomic E-state index is 1.16. The lowest BCUT2D eigenvalue weighted by atomic mass is 10.0. The van der Waals surface area contributed by atoms with Crippen molar-refractivity contribution >= 4 is 54.4 Å². The Balaban J connectivity index is 1.14. The van der Waals surface area contributed by atoms with E-state index >= 15 is 0 Å². The largest absolute Gasteiger partial charge is 0.309 e. The molecule has 2 heteroatoms. The van der Waals surface area contributed by atoms with E-state index in [2.05, 4.69) is 191 Å². The highest BCUT2D eigenvalue weighted by molar-refractivity contribution is 6.11. The van der Waals surface area contributed by atoms with Crippen molar-refractivity contribution in [2.24, 2.45) is 0 Å². The summed E-state index contributed by atoms with van der Waals surface area (Å²) in [6.07, 6.45) is 0. The summed E-state index contributed by atoms with van der Waals surface area (Å²) in [5.74, 6) is 0. The van der Waals surface area contributed by atoms with Crippen LogP contribution in [-0.4, -0.2) is 9.13 Å². The van der Waals surface area contributed by atoms with Gasteiger partial charge < -0.3 is 9.13 Å². The molecule has 0 radical (unpaired) electrons. The molecule has 0 aliphatic carbocycles. The first kappa shape index (κ1) is 26.8. The number of hydrogen-bond donors (Lipinski definition) is 0. The lowest BCUT2D eigenvalue weighted by molar-refractivity contribution is 1.18. The number of aromatic nitrogens is 2. The van der Waals surface area contributed by atoms with Crippen LogP contribution in [0.4, 0.5) is 0 Å². The van der Waals surface area contributed by atoms with Crippen LogP contribution in [0.15, 0.2) is 182 Å². The smallest absolute Gasteiger partial charge is 0.0547 e. The first-order chi connectivity index (χ1) is 23.8. The first-order valence-corrected chi connectivity index (χ1v) is 16.5. The van der Waals surface area contributed by atoms with Crippen molar-refractivity contribution in [1.82, 2.24) is 9.13 Å². The lowest BCUT2D eigenvalue weighted by Gasteiger charge is -2.13.